The molecular formula is C30H36O2Si. The van der Waals surface area contributed by atoms with Gasteiger partial charge >= 0.3 is 0 Å². The van der Waals surface area contributed by atoms with E-state index in [1.807, 2.05) is 0 Å². The van der Waals surface area contributed by atoms with Crippen molar-refractivity contribution >= 4 is 18.7 Å². The second-order valence-electron chi connectivity index (χ2n) is 10.9. The highest BCUT2D eigenvalue weighted by Crippen LogP contribution is 2.50. The first-order chi connectivity index (χ1) is 16.0. The van der Waals surface area contributed by atoms with Crippen molar-refractivity contribution < 1.29 is 9.16 Å². The van der Waals surface area contributed by atoms with Crippen LogP contribution in [0.25, 0.3) is 0 Å². The Labute approximate surface area is 200 Å². The molecule has 2 fully saturated rings. The molecule has 3 heteroatoms. The minimum Gasteiger partial charge on any atom is -0.404 e. The lowest BCUT2D eigenvalue weighted by Gasteiger charge is -2.46. The lowest BCUT2D eigenvalue weighted by atomic mass is 9.95. The molecule has 2 nitrogen and oxygen atoms in total. The molecule has 2 aliphatic rings. The first-order valence-electron chi connectivity index (χ1n) is 12.4. The Balaban J connectivity index is 1.38. The third kappa shape index (κ3) is 4.34. The van der Waals surface area contributed by atoms with E-state index in [4.69, 9.17) is 9.16 Å². The zero-order valence-corrected chi connectivity index (χ0v) is 21.1. The number of hydrogen-bond acceptors (Lipinski definition) is 2. The normalized spacial score (nSPS) is 24.8. The molecule has 33 heavy (non-hydrogen) atoms. The number of hydrogen-bond donors (Lipinski definition) is 0. The first-order valence-corrected chi connectivity index (χ1v) is 14.3. The molecule has 0 unspecified atom stereocenters. The summed E-state index contributed by atoms with van der Waals surface area (Å²) in [6.07, 6.45) is 4.17. The molecule has 0 saturated heterocycles. The molecule has 0 heterocycles. The molecule has 0 radical (unpaired) electrons. The fraction of sp³-hybridized carbons (Fsp3) is 0.400. The van der Waals surface area contributed by atoms with Crippen molar-refractivity contribution in [3.8, 4) is 0 Å². The van der Waals surface area contributed by atoms with Crippen molar-refractivity contribution in [1.29, 1.82) is 0 Å². The topological polar surface area (TPSA) is 18.5 Å². The smallest absolute Gasteiger partial charge is 0.261 e. The van der Waals surface area contributed by atoms with E-state index in [0.29, 0.717) is 24.0 Å². The van der Waals surface area contributed by atoms with Crippen LogP contribution < -0.4 is 10.4 Å². The second kappa shape index (κ2) is 9.21. The number of rotatable bonds is 7. The Kier molecular flexibility index (Phi) is 6.30. The molecule has 2 saturated carbocycles. The van der Waals surface area contributed by atoms with Gasteiger partial charge in [-0.25, -0.2) is 0 Å². The van der Waals surface area contributed by atoms with Gasteiger partial charge in [-0.15, -0.1) is 0 Å². The predicted octanol–water partition coefficient (Wildman–Crippen LogP) is 5.95. The summed E-state index contributed by atoms with van der Waals surface area (Å²) in [6.45, 7) is 7.84. The average molecular weight is 457 g/mol. The molecule has 3 aromatic carbocycles. The Morgan fingerprint density at radius 1 is 0.667 bits per heavy atom. The van der Waals surface area contributed by atoms with Gasteiger partial charge in [0.05, 0.1) is 12.7 Å². The summed E-state index contributed by atoms with van der Waals surface area (Å²) in [5.74, 6) is 1.21. The van der Waals surface area contributed by atoms with Crippen LogP contribution in [0.2, 0.25) is 5.04 Å². The lowest BCUT2D eigenvalue weighted by molar-refractivity contribution is -0.0168. The van der Waals surface area contributed by atoms with Gasteiger partial charge in [0.15, 0.2) is 0 Å². The minimum absolute atomic E-state index is 0.0285. The number of benzene rings is 3. The Hall–Kier alpha value is -2.20. The van der Waals surface area contributed by atoms with Crippen LogP contribution in [0.15, 0.2) is 91.0 Å². The molecule has 0 aliphatic heterocycles. The zero-order chi connectivity index (χ0) is 22.9. The quantitative estimate of drug-likeness (QED) is 0.409. The summed E-state index contributed by atoms with van der Waals surface area (Å²) < 4.78 is 13.9. The van der Waals surface area contributed by atoms with Crippen molar-refractivity contribution in [2.45, 2.75) is 63.9 Å². The standard InChI is InChI=1S/C30H36O2Si/c1-30(2,3)33(26-15-9-5-10-16-26,27-17-11-6-12-18-27)32-29-21-24-19-25(29)20-28(24)31-22-23-13-7-4-8-14-23/h4-18,24-25,28-29H,19-22H2,1-3H3/t24-,25+,28-,29-/m0/s1. The molecule has 2 bridgehead atoms. The van der Waals surface area contributed by atoms with Crippen LogP contribution in [0.4, 0.5) is 0 Å². The summed E-state index contributed by atoms with van der Waals surface area (Å²) in [5, 5.41) is 2.78. The van der Waals surface area contributed by atoms with Crippen molar-refractivity contribution in [3.05, 3.63) is 96.6 Å². The largest absolute Gasteiger partial charge is 0.404 e. The van der Waals surface area contributed by atoms with E-state index in [2.05, 4.69) is 112 Å². The van der Waals surface area contributed by atoms with Gasteiger partial charge in [0, 0.05) is 6.10 Å². The summed E-state index contributed by atoms with van der Waals surface area (Å²) in [6, 6.07) is 32.6. The van der Waals surface area contributed by atoms with E-state index in [1.165, 1.54) is 22.4 Å². The summed E-state index contributed by atoms with van der Waals surface area (Å²) in [4.78, 5) is 0. The maximum Gasteiger partial charge on any atom is 0.261 e. The fourth-order valence-corrected chi connectivity index (χ4v) is 11.0. The predicted molar refractivity (Wildman–Crippen MR) is 138 cm³/mol. The molecule has 0 aromatic heterocycles. The molecule has 0 spiro atoms. The highest BCUT2D eigenvalue weighted by atomic mass is 28.4. The van der Waals surface area contributed by atoms with Crippen LogP contribution in [0, 0.1) is 11.8 Å². The van der Waals surface area contributed by atoms with E-state index in [9.17, 15) is 0 Å². The van der Waals surface area contributed by atoms with Gasteiger partial charge in [0.25, 0.3) is 8.32 Å². The van der Waals surface area contributed by atoms with Crippen molar-refractivity contribution in [3.63, 3.8) is 0 Å². The lowest BCUT2D eigenvalue weighted by Crippen LogP contribution is -2.68. The SMILES string of the molecule is CC(C)(C)[Si](O[C@H]1C[C@@H]2C[C@@H]1C[C@@H]2OCc1ccccc1)(c1ccccc1)c1ccccc1. The maximum atomic E-state index is 7.46. The van der Waals surface area contributed by atoms with Gasteiger partial charge in [-0.3, -0.25) is 0 Å². The van der Waals surface area contributed by atoms with Crippen molar-refractivity contribution in [2.75, 3.05) is 0 Å². The van der Waals surface area contributed by atoms with E-state index in [1.54, 1.807) is 0 Å². The highest BCUT2D eigenvalue weighted by Gasteiger charge is 2.55. The van der Waals surface area contributed by atoms with Gasteiger partial charge in [-0.05, 0) is 52.1 Å². The number of ether oxygens (including phenoxy) is 1. The minimum atomic E-state index is -2.49. The van der Waals surface area contributed by atoms with Gasteiger partial charge in [0.2, 0.25) is 0 Å². The summed E-state index contributed by atoms with van der Waals surface area (Å²) >= 11 is 0. The first kappa shape index (κ1) is 22.6. The molecule has 0 N–H and O–H groups in total. The molecule has 2 aliphatic carbocycles. The average Bonchev–Trinajstić information content (AvgIpc) is 3.42. The molecule has 5 rings (SSSR count). The number of fused-ring (bicyclic) bond motifs is 2. The molecule has 4 atom stereocenters. The maximum absolute atomic E-state index is 7.46. The Morgan fingerprint density at radius 2 is 1.15 bits per heavy atom. The summed E-state index contributed by atoms with van der Waals surface area (Å²) in [5.41, 5.74) is 1.26. The molecular weight excluding hydrogens is 420 g/mol. The van der Waals surface area contributed by atoms with Crippen LogP contribution >= 0.6 is 0 Å². The fourth-order valence-electron chi connectivity index (χ4n) is 6.21. The Bertz CT molecular complexity index is 990. The van der Waals surface area contributed by atoms with E-state index >= 15 is 0 Å². The molecule has 172 valence electrons. The van der Waals surface area contributed by atoms with Crippen molar-refractivity contribution in [1.82, 2.24) is 0 Å². The van der Waals surface area contributed by atoms with Crippen molar-refractivity contribution in [2.24, 2.45) is 11.8 Å². The van der Waals surface area contributed by atoms with E-state index in [0.717, 1.165) is 19.4 Å². The van der Waals surface area contributed by atoms with E-state index in [-0.39, 0.29) is 5.04 Å². The Morgan fingerprint density at radius 3 is 1.64 bits per heavy atom. The van der Waals surface area contributed by atoms with Gasteiger partial charge in [-0.2, -0.15) is 0 Å². The molecule has 3 aromatic rings. The van der Waals surface area contributed by atoms with Crippen LogP contribution in [0.1, 0.15) is 45.6 Å². The highest BCUT2D eigenvalue weighted by molar-refractivity contribution is 6.99. The molecule has 0 amide bonds. The monoisotopic (exact) mass is 456 g/mol. The third-order valence-corrected chi connectivity index (χ3v) is 12.8. The van der Waals surface area contributed by atoms with Crippen LogP contribution in [-0.4, -0.2) is 20.5 Å². The van der Waals surface area contributed by atoms with Crippen LogP contribution in [0.3, 0.4) is 0 Å². The van der Waals surface area contributed by atoms with Gasteiger partial charge in [-0.1, -0.05) is 112 Å². The van der Waals surface area contributed by atoms with E-state index < -0.39 is 8.32 Å². The van der Waals surface area contributed by atoms with Crippen LogP contribution in [0.5, 0.6) is 0 Å². The van der Waals surface area contributed by atoms with Gasteiger partial charge < -0.3 is 9.16 Å². The third-order valence-electron chi connectivity index (χ3n) is 7.78. The second-order valence-corrected chi connectivity index (χ2v) is 15.1. The van der Waals surface area contributed by atoms with Gasteiger partial charge in [0.1, 0.15) is 0 Å². The van der Waals surface area contributed by atoms with Crippen LogP contribution in [-0.2, 0) is 15.8 Å². The summed E-state index contributed by atoms with van der Waals surface area (Å²) in [7, 11) is -2.49. The zero-order valence-electron chi connectivity index (χ0n) is 20.1.